The second-order valence-corrected chi connectivity index (χ2v) is 11.5. The molecule has 0 amide bonds. The van der Waals surface area contributed by atoms with Gasteiger partial charge in [0.05, 0.1) is 0 Å². The molecule has 3 aliphatic carbocycles. The predicted molar refractivity (Wildman–Crippen MR) is 156 cm³/mol. The summed E-state index contributed by atoms with van der Waals surface area (Å²) in [6.45, 7) is 4.19. The number of allylic oxidation sites excluding steroid dienone is 10. The van der Waals surface area contributed by atoms with Crippen LogP contribution in [-0.2, 0) is 0 Å². The molecule has 0 nitrogen and oxygen atoms in total. The molecule has 4 heteroatoms. The van der Waals surface area contributed by atoms with Crippen LogP contribution in [0.1, 0.15) is 95.6 Å². The fraction of sp³-hybridized carbons (Fsp3) is 0.543. The topological polar surface area (TPSA) is 0 Å². The maximum atomic E-state index is 15.3. The quantitative estimate of drug-likeness (QED) is 0.149. The van der Waals surface area contributed by atoms with Crippen molar-refractivity contribution in [2.45, 2.75) is 109 Å². The first-order valence-corrected chi connectivity index (χ1v) is 15.1. The third-order valence-corrected chi connectivity index (χ3v) is 8.79. The molecule has 0 spiro atoms. The summed E-state index contributed by atoms with van der Waals surface area (Å²) in [6, 6.07) is 6.76. The highest BCUT2D eigenvalue weighted by molar-refractivity contribution is 5.77. The van der Waals surface area contributed by atoms with Crippen molar-refractivity contribution in [1.29, 1.82) is 0 Å². The van der Waals surface area contributed by atoms with Crippen LogP contribution >= 0.6 is 0 Å². The third kappa shape index (κ3) is 7.24. The van der Waals surface area contributed by atoms with Gasteiger partial charge in [0.1, 0.15) is 0 Å². The van der Waals surface area contributed by atoms with Crippen LogP contribution in [0.2, 0.25) is 0 Å². The lowest BCUT2D eigenvalue weighted by atomic mass is 9.74. The van der Waals surface area contributed by atoms with E-state index in [0.29, 0.717) is 45.8 Å². The molecular formula is C35H44F4. The molecule has 4 atom stereocenters. The summed E-state index contributed by atoms with van der Waals surface area (Å²) in [7, 11) is 0. The average molecular weight is 541 g/mol. The first kappa shape index (κ1) is 29.6. The Morgan fingerprint density at radius 1 is 0.667 bits per heavy atom. The van der Waals surface area contributed by atoms with E-state index in [1.807, 2.05) is 6.92 Å². The van der Waals surface area contributed by atoms with Crippen molar-refractivity contribution >= 4 is 11.1 Å². The molecule has 3 aliphatic rings. The fourth-order valence-corrected chi connectivity index (χ4v) is 6.40. The van der Waals surface area contributed by atoms with Crippen molar-refractivity contribution in [3.8, 4) is 0 Å². The third-order valence-electron chi connectivity index (χ3n) is 8.79. The number of unbranched alkanes of at least 4 members (excludes halogenated alkanes) is 5. The number of alkyl halides is 4. The van der Waals surface area contributed by atoms with E-state index >= 15 is 13.2 Å². The Labute approximate surface area is 232 Å². The summed E-state index contributed by atoms with van der Waals surface area (Å²) in [5.74, 6) is 0.630. The average Bonchev–Trinajstić information content (AvgIpc) is 2.95. The summed E-state index contributed by atoms with van der Waals surface area (Å²) in [6.07, 6.45) is 15.5. The largest absolute Gasteiger partial charge is 0.239 e. The first-order valence-electron chi connectivity index (χ1n) is 15.1. The number of halogens is 4. The van der Waals surface area contributed by atoms with Gasteiger partial charge >= 0.3 is 0 Å². The van der Waals surface area contributed by atoms with E-state index in [0.717, 1.165) is 44.9 Å². The van der Waals surface area contributed by atoms with Crippen molar-refractivity contribution in [1.82, 2.24) is 0 Å². The maximum absolute atomic E-state index is 15.3. The molecule has 0 heterocycles. The van der Waals surface area contributed by atoms with Crippen LogP contribution in [0, 0.1) is 11.8 Å². The summed E-state index contributed by atoms with van der Waals surface area (Å²) in [4.78, 5) is 0. The highest BCUT2D eigenvalue weighted by atomic mass is 19.2. The van der Waals surface area contributed by atoms with Gasteiger partial charge in [0.15, 0.2) is 24.7 Å². The molecule has 1 aromatic carbocycles. The molecule has 0 bridgehead atoms. The molecule has 1 saturated carbocycles. The van der Waals surface area contributed by atoms with Gasteiger partial charge in [-0.3, -0.25) is 0 Å². The van der Waals surface area contributed by atoms with Crippen molar-refractivity contribution in [2.75, 3.05) is 0 Å². The zero-order valence-electron chi connectivity index (χ0n) is 23.5. The minimum absolute atomic E-state index is 0.0901. The molecule has 0 N–H and O–H groups in total. The van der Waals surface area contributed by atoms with Gasteiger partial charge in [0, 0.05) is 0 Å². The smallest absolute Gasteiger partial charge is 0.161 e. The van der Waals surface area contributed by atoms with Gasteiger partial charge < -0.3 is 0 Å². The molecule has 212 valence electrons. The Morgan fingerprint density at radius 2 is 1.23 bits per heavy atom. The Bertz CT molecular complexity index is 1080. The van der Waals surface area contributed by atoms with E-state index in [4.69, 9.17) is 0 Å². The summed E-state index contributed by atoms with van der Waals surface area (Å²) < 4.78 is 60.6. The maximum Gasteiger partial charge on any atom is 0.161 e. The monoisotopic (exact) mass is 540 g/mol. The minimum Gasteiger partial charge on any atom is -0.239 e. The van der Waals surface area contributed by atoms with E-state index in [-0.39, 0.29) is 5.92 Å². The molecule has 0 aliphatic heterocycles. The molecule has 4 unspecified atom stereocenters. The van der Waals surface area contributed by atoms with E-state index in [9.17, 15) is 4.39 Å². The lowest BCUT2D eigenvalue weighted by Gasteiger charge is -2.33. The molecule has 39 heavy (non-hydrogen) atoms. The van der Waals surface area contributed by atoms with E-state index in [1.165, 1.54) is 19.3 Å². The standard InChI is InChI=1S/C35H44F4/c1-3-5-6-7-8-9-11-28-20-21-29(33(37)32(28)36)26-16-18-27(19-17-26)31-23-22-30(34(38)35(31)39)25-14-12-24(10-4-2)13-15-25/h4,10,16-25,32-35H,3,5-9,11-15H2,1-2H3/b10-4+. The molecule has 0 saturated heterocycles. The van der Waals surface area contributed by atoms with Crippen LogP contribution in [0.25, 0.3) is 11.1 Å². The molecule has 0 radical (unpaired) electrons. The lowest BCUT2D eigenvalue weighted by Crippen LogP contribution is -2.29. The second kappa shape index (κ2) is 14.3. The van der Waals surface area contributed by atoms with Gasteiger partial charge in [-0.2, -0.15) is 0 Å². The first-order chi connectivity index (χ1) is 18.9. The molecular weight excluding hydrogens is 496 g/mol. The van der Waals surface area contributed by atoms with E-state index in [2.05, 4.69) is 19.1 Å². The highest BCUT2D eigenvalue weighted by Crippen LogP contribution is 2.42. The zero-order chi connectivity index (χ0) is 27.8. The normalized spacial score (nSPS) is 29.6. The highest BCUT2D eigenvalue weighted by Gasteiger charge is 2.36. The Balaban J connectivity index is 1.41. The predicted octanol–water partition coefficient (Wildman–Crippen LogP) is 10.8. The number of rotatable bonds is 11. The molecule has 1 fully saturated rings. The SMILES string of the molecule is C/C=C/C1CCC(C2=CC=C(c3ccc(C4=CC=C(CCCCCCCC)C(F)C4F)cc3)C(F)C2F)CC1. The van der Waals surface area contributed by atoms with Gasteiger partial charge in [-0.25, -0.2) is 17.6 Å². The van der Waals surface area contributed by atoms with Crippen LogP contribution < -0.4 is 0 Å². The zero-order valence-corrected chi connectivity index (χ0v) is 23.5. The molecule has 1 aromatic rings. The van der Waals surface area contributed by atoms with Gasteiger partial charge in [0.2, 0.25) is 0 Å². The fourth-order valence-electron chi connectivity index (χ4n) is 6.40. The van der Waals surface area contributed by atoms with Crippen LogP contribution in [0.4, 0.5) is 17.6 Å². The van der Waals surface area contributed by atoms with Gasteiger partial charge in [0.25, 0.3) is 0 Å². The second-order valence-electron chi connectivity index (χ2n) is 11.5. The van der Waals surface area contributed by atoms with Crippen molar-refractivity contribution in [2.24, 2.45) is 11.8 Å². The van der Waals surface area contributed by atoms with Gasteiger partial charge in [-0.05, 0) is 90.7 Å². The Kier molecular flexibility index (Phi) is 10.9. The lowest BCUT2D eigenvalue weighted by molar-refractivity contribution is 0.212. The van der Waals surface area contributed by atoms with Gasteiger partial charge in [-0.1, -0.05) is 99.7 Å². The Hall–Kier alpha value is -2.36. The minimum atomic E-state index is -1.73. The van der Waals surface area contributed by atoms with Crippen LogP contribution in [0.15, 0.2) is 71.9 Å². The number of benzene rings is 1. The van der Waals surface area contributed by atoms with Crippen LogP contribution in [-0.4, -0.2) is 24.7 Å². The number of hydrogen-bond acceptors (Lipinski definition) is 0. The Morgan fingerprint density at radius 3 is 1.85 bits per heavy atom. The molecule has 0 aromatic heterocycles. The van der Waals surface area contributed by atoms with E-state index < -0.39 is 24.7 Å². The van der Waals surface area contributed by atoms with E-state index in [1.54, 1.807) is 48.6 Å². The van der Waals surface area contributed by atoms with Crippen LogP contribution in [0.5, 0.6) is 0 Å². The van der Waals surface area contributed by atoms with Crippen LogP contribution in [0.3, 0.4) is 0 Å². The van der Waals surface area contributed by atoms with Crippen molar-refractivity contribution < 1.29 is 17.6 Å². The van der Waals surface area contributed by atoms with Crippen molar-refractivity contribution in [3.05, 3.63) is 83.0 Å². The summed E-state index contributed by atoms with van der Waals surface area (Å²) in [5.41, 5.74) is 2.85. The molecule has 4 rings (SSSR count). The number of hydrogen-bond donors (Lipinski definition) is 0. The summed E-state index contributed by atoms with van der Waals surface area (Å²) in [5, 5.41) is 0. The summed E-state index contributed by atoms with van der Waals surface area (Å²) >= 11 is 0. The van der Waals surface area contributed by atoms with Crippen molar-refractivity contribution in [3.63, 3.8) is 0 Å². The van der Waals surface area contributed by atoms with Gasteiger partial charge in [-0.15, -0.1) is 0 Å².